The summed E-state index contributed by atoms with van der Waals surface area (Å²) in [5.74, 6) is 1.85. The summed E-state index contributed by atoms with van der Waals surface area (Å²) >= 11 is 0. The first-order valence-corrected chi connectivity index (χ1v) is 5.19. The molecule has 1 aromatic heterocycles. The number of likely N-dealkylation sites (N-methyl/N-ethyl adjacent to an activating group) is 1. The van der Waals surface area contributed by atoms with Crippen molar-refractivity contribution in [1.82, 2.24) is 15.5 Å². The minimum atomic E-state index is 0.335. The van der Waals surface area contributed by atoms with Crippen LogP contribution in [-0.4, -0.2) is 22.7 Å². The predicted octanol–water partition coefficient (Wildman–Crippen LogP) is 1.73. The Hall–Kier alpha value is -0.900. The van der Waals surface area contributed by atoms with Crippen LogP contribution in [0.2, 0.25) is 0 Å². The van der Waals surface area contributed by atoms with Crippen LogP contribution in [0.3, 0.4) is 0 Å². The molecule has 1 N–H and O–H groups in total. The molecule has 14 heavy (non-hydrogen) atoms. The first-order valence-electron chi connectivity index (χ1n) is 5.19. The van der Waals surface area contributed by atoms with E-state index in [0.717, 1.165) is 24.7 Å². The van der Waals surface area contributed by atoms with Crippen molar-refractivity contribution in [2.75, 3.05) is 6.54 Å². The van der Waals surface area contributed by atoms with Gasteiger partial charge in [-0.1, -0.05) is 25.9 Å². The van der Waals surface area contributed by atoms with Gasteiger partial charge in [0.15, 0.2) is 5.82 Å². The van der Waals surface area contributed by atoms with E-state index < -0.39 is 0 Å². The number of nitrogens with zero attached hydrogens (tertiary/aromatic N) is 2. The van der Waals surface area contributed by atoms with E-state index in [-0.39, 0.29) is 0 Å². The lowest BCUT2D eigenvalue weighted by Gasteiger charge is -2.07. The Kier molecular flexibility index (Phi) is 4.07. The second-order valence-electron chi connectivity index (χ2n) is 3.86. The summed E-state index contributed by atoms with van der Waals surface area (Å²) in [6, 6.07) is 0.389. The Morgan fingerprint density at radius 1 is 1.36 bits per heavy atom. The van der Waals surface area contributed by atoms with E-state index in [4.69, 9.17) is 4.52 Å². The van der Waals surface area contributed by atoms with Crippen molar-refractivity contribution in [3.63, 3.8) is 0 Å². The van der Waals surface area contributed by atoms with Gasteiger partial charge in [0.25, 0.3) is 0 Å². The smallest absolute Gasteiger partial charge is 0.228 e. The Morgan fingerprint density at radius 2 is 2.07 bits per heavy atom. The fourth-order valence-corrected chi connectivity index (χ4v) is 1.27. The van der Waals surface area contributed by atoms with Crippen molar-refractivity contribution in [2.45, 2.75) is 46.1 Å². The number of rotatable bonds is 5. The van der Waals surface area contributed by atoms with Crippen molar-refractivity contribution in [3.8, 4) is 0 Å². The van der Waals surface area contributed by atoms with Crippen LogP contribution in [0, 0.1) is 0 Å². The molecule has 0 saturated heterocycles. The Labute approximate surface area is 85.1 Å². The number of hydrogen-bond acceptors (Lipinski definition) is 4. The lowest BCUT2D eigenvalue weighted by atomic mass is 10.2. The summed E-state index contributed by atoms with van der Waals surface area (Å²) < 4.78 is 5.14. The highest BCUT2D eigenvalue weighted by atomic mass is 16.5. The van der Waals surface area contributed by atoms with Crippen LogP contribution in [0.1, 0.15) is 45.3 Å². The van der Waals surface area contributed by atoms with Gasteiger partial charge in [-0.15, -0.1) is 0 Å². The van der Waals surface area contributed by atoms with Crippen LogP contribution in [0.4, 0.5) is 0 Å². The van der Waals surface area contributed by atoms with E-state index in [1.54, 1.807) is 0 Å². The molecule has 4 nitrogen and oxygen atoms in total. The maximum Gasteiger partial charge on any atom is 0.228 e. The average Bonchev–Trinajstić information content (AvgIpc) is 2.53. The molecule has 0 amide bonds. The van der Waals surface area contributed by atoms with E-state index in [0.29, 0.717) is 12.0 Å². The topological polar surface area (TPSA) is 51.0 Å². The Morgan fingerprint density at radius 3 is 2.57 bits per heavy atom. The zero-order chi connectivity index (χ0) is 10.6. The van der Waals surface area contributed by atoms with E-state index in [9.17, 15) is 0 Å². The van der Waals surface area contributed by atoms with E-state index >= 15 is 0 Å². The number of nitrogens with one attached hydrogen (secondary N) is 1. The third kappa shape index (κ3) is 3.10. The van der Waals surface area contributed by atoms with Crippen molar-refractivity contribution in [2.24, 2.45) is 0 Å². The summed E-state index contributed by atoms with van der Waals surface area (Å²) in [5.41, 5.74) is 0. The highest BCUT2D eigenvalue weighted by Crippen LogP contribution is 2.10. The zero-order valence-electron chi connectivity index (χ0n) is 9.37. The maximum absolute atomic E-state index is 5.14. The lowest BCUT2D eigenvalue weighted by Crippen LogP contribution is -2.27. The maximum atomic E-state index is 5.14. The molecule has 1 rings (SSSR count). The molecular formula is C10H19N3O. The van der Waals surface area contributed by atoms with E-state index in [2.05, 4.69) is 43.2 Å². The molecule has 0 aromatic carbocycles. The van der Waals surface area contributed by atoms with Crippen molar-refractivity contribution < 1.29 is 4.52 Å². The fraction of sp³-hybridized carbons (Fsp3) is 0.800. The second kappa shape index (κ2) is 5.10. The van der Waals surface area contributed by atoms with Gasteiger partial charge in [0.1, 0.15) is 0 Å². The molecule has 0 aliphatic rings. The summed E-state index contributed by atoms with van der Waals surface area (Å²) in [6.07, 6.45) is 0.799. The molecule has 4 heteroatoms. The molecule has 80 valence electrons. The van der Waals surface area contributed by atoms with Crippen LogP contribution in [0.5, 0.6) is 0 Å². The number of hydrogen-bond donors (Lipinski definition) is 1. The van der Waals surface area contributed by atoms with Crippen molar-refractivity contribution >= 4 is 0 Å². The van der Waals surface area contributed by atoms with Crippen LogP contribution in [0.15, 0.2) is 4.52 Å². The summed E-state index contributed by atoms with van der Waals surface area (Å²) in [7, 11) is 0. The van der Waals surface area contributed by atoms with Gasteiger partial charge in [-0.2, -0.15) is 4.98 Å². The van der Waals surface area contributed by atoms with Gasteiger partial charge in [-0.25, -0.2) is 0 Å². The normalized spacial score (nSPS) is 13.5. The monoisotopic (exact) mass is 197 g/mol. The van der Waals surface area contributed by atoms with Crippen LogP contribution in [0.25, 0.3) is 0 Å². The van der Waals surface area contributed by atoms with Gasteiger partial charge in [-0.05, 0) is 13.5 Å². The molecular weight excluding hydrogens is 178 g/mol. The van der Waals surface area contributed by atoms with E-state index in [1.165, 1.54) is 0 Å². The molecule has 0 bridgehead atoms. The zero-order valence-corrected chi connectivity index (χ0v) is 9.37. The summed E-state index contributed by atoms with van der Waals surface area (Å²) in [4.78, 5) is 4.31. The van der Waals surface area contributed by atoms with Crippen LogP contribution in [-0.2, 0) is 6.42 Å². The predicted molar refractivity (Wildman–Crippen MR) is 55.2 cm³/mol. The quantitative estimate of drug-likeness (QED) is 0.781. The van der Waals surface area contributed by atoms with Gasteiger partial charge >= 0.3 is 0 Å². The molecule has 0 aliphatic carbocycles. The van der Waals surface area contributed by atoms with Crippen molar-refractivity contribution in [3.05, 3.63) is 11.7 Å². The van der Waals surface area contributed by atoms with Gasteiger partial charge in [0, 0.05) is 18.4 Å². The fourth-order valence-electron chi connectivity index (χ4n) is 1.27. The molecule has 0 radical (unpaired) electrons. The second-order valence-corrected chi connectivity index (χ2v) is 3.86. The van der Waals surface area contributed by atoms with Gasteiger partial charge in [-0.3, -0.25) is 0 Å². The first kappa shape index (κ1) is 11.2. The Balaban J connectivity index is 2.51. The molecule has 0 fully saturated rings. The third-order valence-corrected chi connectivity index (χ3v) is 2.03. The molecule has 1 heterocycles. The standard InChI is InChI=1S/C10H19N3O/c1-5-11-8(4)6-9-12-10(7(2)3)13-14-9/h7-8,11H,5-6H2,1-4H3. The van der Waals surface area contributed by atoms with Crippen LogP contribution >= 0.6 is 0 Å². The SMILES string of the molecule is CCNC(C)Cc1nc(C(C)C)no1. The highest BCUT2D eigenvalue weighted by molar-refractivity contribution is 4.92. The molecule has 0 aliphatic heterocycles. The first-order chi connectivity index (χ1) is 6.63. The minimum absolute atomic E-state index is 0.335. The summed E-state index contributed by atoms with van der Waals surface area (Å²) in [5, 5.41) is 7.22. The van der Waals surface area contributed by atoms with E-state index in [1.807, 2.05) is 0 Å². The molecule has 1 atom stereocenters. The third-order valence-electron chi connectivity index (χ3n) is 2.03. The molecule has 1 unspecified atom stereocenters. The largest absolute Gasteiger partial charge is 0.339 e. The molecule has 1 aromatic rings. The number of aromatic nitrogens is 2. The van der Waals surface area contributed by atoms with Gasteiger partial charge in [0.2, 0.25) is 5.89 Å². The van der Waals surface area contributed by atoms with Gasteiger partial charge in [0.05, 0.1) is 0 Å². The minimum Gasteiger partial charge on any atom is -0.339 e. The van der Waals surface area contributed by atoms with Crippen LogP contribution < -0.4 is 5.32 Å². The summed E-state index contributed by atoms with van der Waals surface area (Å²) in [6.45, 7) is 9.28. The Bertz CT molecular complexity index is 270. The lowest BCUT2D eigenvalue weighted by molar-refractivity contribution is 0.357. The molecule has 0 spiro atoms. The highest BCUT2D eigenvalue weighted by Gasteiger charge is 2.11. The van der Waals surface area contributed by atoms with Crippen molar-refractivity contribution in [1.29, 1.82) is 0 Å². The average molecular weight is 197 g/mol. The molecule has 0 saturated carbocycles. The van der Waals surface area contributed by atoms with Gasteiger partial charge < -0.3 is 9.84 Å².